The molecule has 1 heterocycles. The van der Waals surface area contributed by atoms with Crippen molar-refractivity contribution in [3.8, 4) is 5.75 Å². The molecule has 1 aliphatic rings. The minimum Gasteiger partial charge on any atom is -0.494 e. The molecule has 8 nitrogen and oxygen atoms in total. The van der Waals surface area contributed by atoms with Gasteiger partial charge in [-0.05, 0) is 65.3 Å². The third kappa shape index (κ3) is 7.54. The molecule has 31 heavy (non-hydrogen) atoms. The predicted molar refractivity (Wildman–Crippen MR) is 117 cm³/mol. The van der Waals surface area contributed by atoms with Crippen LogP contribution in [0.1, 0.15) is 59.4 Å². The molecule has 0 unspecified atom stereocenters. The minimum absolute atomic E-state index is 0.0540. The molecule has 0 fully saturated rings. The van der Waals surface area contributed by atoms with Gasteiger partial charge < -0.3 is 24.6 Å². The van der Waals surface area contributed by atoms with Gasteiger partial charge in [0.15, 0.2) is 5.54 Å². The molecule has 1 atom stereocenters. The Morgan fingerprint density at radius 3 is 2.52 bits per heavy atom. The lowest BCUT2D eigenvalue weighted by Crippen LogP contribution is -2.49. The second-order valence-corrected chi connectivity index (χ2v) is 8.90. The number of aliphatic hydroxyl groups excluding tert-OH is 1. The maximum atomic E-state index is 13.0. The number of aliphatic hydroxyl groups is 1. The molecule has 0 aromatic heterocycles. The van der Waals surface area contributed by atoms with Gasteiger partial charge in [0.2, 0.25) is 5.90 Å². The van der Waals surface area contributed by atoms with E-state index in [-0.39, 0.29) is 44.0 Å². The van der Waals surface area contributed by atoms with Crippen molar-refractivity contribution >= 4 is 17.8 Å². The zero-order valence-electron chi connectivity index (χ0n) is 19.1. The Kier molecular flexibility index (Phi) is 8.44. The topological polar surface area (TPSA) is 106 Å². The van der Waals surface area contributed by atoms with Crippen molar-refractivity contribution in [3.05, 3.63) is 29.8 Å². The van der Waals surface area contributed by atoms with Crippen LogP contribution in [-0.2, 0) is 19.1 Å². The molecular weight excluding hydrogens is 400 g/mol. The van der Waals surface area contributed by atoms with Crippen molar-refractivity contribution in [1.29, 1.82) is 0 Å². The third-order valence-corrected chi connectivity index (χ3v) is 4.44. The summed E-state index contributed by atoms with van der Waals surface area (Å²) in [6, 6.07) is 7.11. The molecular formula is C23H34N2O6. The molecule has 0 saturated carbocycles. The van der Waals surface area contributed by atoms with Crippen LogP contribution in [0.4, 0.5) is 0 Å². The van der Waals surface area contributed by atoms with Crippen molar-refractivity contribution in [2.24, 2.45) is 4.99 Å². The summed E-state index contributed by atoms with van der Waals surface area (Å²) in [6.07, 6.45) is 0.801. The Balaban J connectivity index is 2.17. The maximum Gasteiger partial charge on any atom is 0.306 e. The summed E-state index contributed by atoms with van der Waals surface area (Å²) in [5.41, 5.74) is -1.07. The fraction of sp³-hybridized carbons (Fsp3) is 0.609. The third-order valence-electron chi connectivity index (χ3n) is 4.44. The number of amides is 1. The molecule has 0 spiro atoms. The van der Waals surface area contributed by atoms with Crippen LogP contribution in [0, 0.1) is 0 Å². The number of nitrogens with zero attached hydrogens (tertiary/aromatic N) is 1. The highest BCUT2D eigenvalue weighted by Gasteiger charge is 2.45. The summed E-state index contributed by atoms with van der Waals surface area (Å²) in [6.45, 7) is 9.71. The van der Waals surface area contributed by atoms with Crippen LogP contribution in [0.5, 0.6) is 5.75 Å². The van der Waals surface area contributed by atoms with Crippen LogP contribution in [0.2, 0.25) is 0 Å². The smallest absolute Gasteiger partial charge is 0.306 e. The number of rotatable bonds is 10. The number of hydrogen-bond donors (Lipinski definition) is 2. The zero-order valence-corrected chi connectivity index (χ0v) is 19.1. The van der Waals surface area contributed by atoms with Gasteiger partial charge in [-0.1, -0.05) is 0 Å². The van der Waals surface area contributed by atoms with Gasteiger partial charge in [0.05, 0.1) is 6.61 Å². The van der Waals surface area contributed by atoms with E-state index in [9.17, 15) is 9.59 Å². The fourth-order valence-electron chi connectivity index (χ4n) is 3.00. The molecule has 2 rings (SSSR count). The highest BCUT2D eigenvalue weighted by atomic mass is 16.6. The predicted octanol–water partition coefficient (Wildman–Crippen LogP) is 2.61. The SMILES string of the molecule is CC(C)NC(=O)[C@@]1(CCC(=O)OC(C)(C)C)COC(c2ccc(OCCCO)cc2)=N1. The first-order valence-corrected chi connectivity index (χ1v) is 10.6. The molecule has 0 radical (unpaired) electrons. The Bertz CT molecular complexity index is 782. The van der Waals surface area contributed by atoms with Crippen molar-refractivity contribution in [3.63, 3.8) is 0 Å². The van der Waals surface area contributed by atoms with Gasteiger partial charge in [0.1, 0.15) is 18.0 Å². The Morgan fingerprint density at radius 2 is 1.94 bits per heavy atom. The quantitative estimate of drug-likeness (QED) is 0.433. The molecule has 8 heteroatoms. The highest BCUT2D eigenvalue weighted by molar-refractivity contribution is 6.00. The lowest BCUT2D eigenvalue weighted by atomic mass is 9.93. The van der Waals surface area contributed by atoms with Crippen LogP contribution >= 0.6 is 0 Å². The van der Waals surface area contributed by atoms with Crippen LogP contribution in [0.15, 0.2) is 29.3 Å². The zero-order chi connectivity index (χ0) is 23.1. The van der Waals surface area contributed by atoms with E-state index in [4.69, 9.17) is 19.3 Å². The van der Waals surface area contributed by atoms with E-state index in [1.807, 2.05) is 13.8 Å². The molecule has 1 aliphatic heterocycles. The van der Waals surface area contributed by atoms with Gasteiger partial charge in [-0.3, -0.25) is 9.59 Å². The maximum absolute atomic E-state index is 13.0. The normalized spacial score (nSPS) is 18.4. The summed E-state index contributed by atoms with van der Waals surface area (Å²) in [5, 5.41) is 11.7. The van der Waals surface area contributed by atoms with Gasteiger partial charge in [-0.2, -0.15) is 0 Å². The lowest BCUT2D eigenvalue weighted by molar-refractivity contribution is -0.155. The number of nitrogens with one attached hydrogen (secondary N) is 1. The molecule has 2 N–H and O–H groups in total. The standard InChI is InChI=1S/C23H34N2O6/c1-16(2)24-21(28)23(12-11-19(27)31-22(3,4)5)15-30-20(25-23)17-7-9-18(10-8-17)29-14-6-13-26/h7-10,16,26H,6,11-15H2,1-5H3,(H,24,28)/t23-/m1/s1. The molecule has 0 aliphatic carbocycles. The van der Waals surface area contributed by atoms with E-state index in [1.165, 1.54) is 0 Å². The second kappa shape index (κ2) is 10.6. The lowest BCUT2D eigenvalue weighted by Gasteiger charge is -2.25. The first-order valence-electron chi connectivity index (χ1n) is 10.6. The first-order chi connectivity index (χ1) is 14.5. The number of carbonyl (C=O) groups is 2. The average molecular weight is 435 g/mol. The van der Waals surface area contributed by atoms with Crippen LogP contribution in [-0.4, -0.2) is 59.9 Å². The van der Waals surface area contributed by atoms with E-state index in [0.717, 1.165) is 0 Å². The monoisotopic (exact) mass is 434 g/mol. The van der Waals surface area contributed by atoms with Gasteiger partial charge in [-0.15, -0.1) is 0 Å². The second-order valence-electron chi connectivity index (χ2n) is 8.90. The Morgan fingerprint density at radius 1 is 1.26 bits per heavy atom. The molecule has 172 valence electrons. The number of ether oxygens (including phenoxy) is 3. The number of carbonyl (C=O) groups excluding carboxylic acids is 2. The van der Waals surface area contributed by atoms with E-state index in [1.54, 1.807) is 45.0 Å². The molecule has 1 aromatic carbocycles. The summed E-state index contributed by atoms with van der Waals surface area (Å²) in [4.78, 5) is 29.8. The van der Waals surface area contributed by atoms with E-state index < -0.39 is 11.1 Å². The van der Waals surface area contributed by atoms with Crippen molar-refractivity contribution in [1.82, 2.24) is 5.32 Å². The largest absolute Gasteiger partial charge is 0.494 e. The van der Waals surface area contributed by atoms with Gasteiger partial charge in [0.25, 0.3) is 5.91 Å². The fourth-order valence-corrected chi connectivity index (χ4v) is 3.00. The minimum atomic E-state index is -1.19. The number of benzene rings is 1. The van der Waals surface area contributed by atoms with Gasteiger partial charge in [-0.25, -0.2) is 4.99 Å². The van der Waals surface area contributed by atoms with Crippen LogP contribution in [0.25, 0.3) is 0 Å². The summed E-state index contributed by atoms with van der Waals surface area (Å²) < 4.78 is 16.7. The number of aliphatic imine (C=N–C) groups is 1. The Labute approximate surface area is 184 Å². The van der Waals surface area contributed by atoms with Crippen molar-refractivity contribution in [2.75, 3.05) is 19.8 Å². The summed E-state index contributed by atoms with van der Waals surface area (Å²) in [5.74, 6) is 0.372. The molecule has 0 saturated heterocycles. The van der Waals surface area contributed by atoms with E-state index >= 15 is 0 Å². The van der Waals surface area contributed by atoms with Crippen molar-refractivity contribution in [2.45, 2.75) is 71.1 Å². The summed E-state index contributed by atoms with van der Waals surface area (Å²) in [7, 11) is 0. The first kappa shape index (κ1) is 24.7. The van der Waals surface area contributed by atoms with Crippen LogP contribution in [0.3, 0.4) is 0 Å². The van der Waals surface area contributed by atoms with Crippen molar-refractivity contribution < 1.29 is 28.9 Å². The van der Waals surface area contributed by atoms with Gasteiger partial charge >= 0.3 is 5.97 Å². The van der Waals surface area contributed by atoms with E-state index in [0.29, 0.717) is 30.2 Å². The number of hydrogen-bond acceptors (Lipinski definition) is 7. The van der Waals surface area contributed by atoms with E-state index in [2.05, 4.69) is 10.3 Å². The average Bonchev–Trinajstić information content (AvgIpc) is 3.11. The molecule has 0 bridgehead atoms. The van der Waals surface area contributed by atoms with Crippen LogP contribution < -0.4 is 10.1 Å². The highest BCUT2D eigenvalue weighted by Crippen LogP contribution is 2.29. The summed E-state index contributed by atoms with van der Waals surface area (Å²) >= 11 is 0. The van der Waals surface area contributed by atoms with Gasteiger partial charge in [0, 0.05) is 31.1 Å². The Hall–Kier alpha value is -2.61. The molecule has 1 amide bonds. The molecule has 1 aromatic rings. The number of esters is 1.